The van der Waals surface area contributed by atoms with Gasteiger partial charge in [0.25, 0.3) is 0 Å². The van der Waals surface area contributed by atoms with Crippen molar-refractivity contribution in [3.8, 4) is 0 Å². The molecule has 3 N–H and O–H groups in total. The molecule has 2 nitrogen and oxygen atoms in total. The van der Waals surface area contributed by atoms with E-state index in [-0.39, 0.29) is 11.9 Å². The summed E-state index contributed by atoms with van der Waals surface area (Å²) in [6.07, 6.45) is 0.940. The molecular formula is C15H17FN2. The number of benzene rings is 2. The molecule has 0 spiro atoms. The van der Waals surface area contributed by atoms with E-state index in [1.54, 1.807) is 12.1 Å². The van der Waals surface area contributed by atoms with Gasteiger partial charge in [0.15, 0.2) is 0 Å². The summed E-state index contributed by atoms with van der Waals surface area (Å²) < 4.78 is 13.0. The molecule has 0 saturated carbocycles. The van der Waals surface area contributed by atoms with E-state index in [1.165, 1.54) is 17.7 Å². The first-order valence-electron chi connectivity index (χ1n) is 6.05. The van der Waals surface area contributed by atoms with Crippen LogP contribution >= 0.6 is 0 Å². The van der Waals surface area contributed by atoms with Gasteiger partial charge in [0.2, 0.25) is 0 Å². The van der Waals surface area contributed by atoms with Crippen molar-refractivity contribution in [2.75, 3.05) is 0 Å². The highest BCUT2D eigenvalue weighted by molar-refractivity contribution is 5.37. The van der Waals surface area contributed by atoms with Crippen molar-refractivity contribution in [2.45, 2.75) is 19.4 Å². The van der Waals surface area contributed by atoms with Gasteiger partial charge in [0.05, 0.1) is 6.04 Å². The molecule has 2 aromatic carbocycles. The third-order valence-electron chi connectivity index (χ3n) is 3.12. The monoisotopic (exact) mass is 244 g/mol. The van der Waals surface area contributed by atoms with Crippen molar-refractivity contribution in [1.29, 1.82) is 0 Å². The second-order valence-electron chi connectivity index (χ2n) is 4.20. The van der Waals surface area contributed by atoms with Gasteiger partial charge in [-0.25, -0.2) is 9.82 Å². The second kappa shape index (κ2) is 5.76. The average molecular weight is 244 g/mol. The minimum absolute atomic E-state index is 0.109. The van der Waals surface area contributed by atoms with E-state index in [4.69, 9.17) is 5.84 Å². The minimum atomic E-state index is -0.238. The molecule has 3 heteroatoms. The second-order valence-corrected chi connectivity index (χ2v) is 4.20. The maximum atomic E-state index is 13.0. The number of rotatable bonds is 4. The molecule has 1 unspecified atom stereocenters. The van der Waals surface area contributed by atoms with Crippen LogP contribution in [0.15, 0.2) is 48.5 Å². The molecule has 0 aliphatic carbocycles. The zero-order valence-corrected chi connectivity index (χ0v) is 10.4. The smallest absolute Gasteiger partial charge is 0.123 e. The van der Waals surface area contributed by atoms with Gasteiger partial charge < -0.3 is 0 Å². The molecule has 0 amide bonds. The highest BCUT2D eigenvalue weighted by atomic mass is 19.1. The van der Waals surface area contributed by atoms with Crippen LogP contribution in [0.4, 0.5) is 4.39 Å². The topological polar surface area (TPSA) is 38.0 Å². The highest BCUT2D eigenvalue weighted by Gasteiger charge is 2.14. The van der Waals surface area contributed by atoms with Crippen LogP contribution in [0.2, 0.25) is 0 Å². The fourth-order valence-electron chi connectivity index (χ4n) is 2.16. The summed E-state index contributed by atoms with van der Waals surface area (Å²) in [5, 5.41) is 0. The van der Waals surface area contributed by atoms with E-state index in [1.807, 2.05) is 18.2 Å². The molecule has 0 aliphatic rings. The highest BCUT2D eigenvalue weighted by Crippen LogP contribution is 2.24. The van der Waals surface area contributed by atoms with E-state index < -0.39 is 0 Å². The van der Waals surface area contributed by atoms with E-state index >= 15 is 0 Å². The van der Waals surface area contributed by atoms with Gasteiger partial charge >= 0.3 is 0 Å². The SMILES string of the molecule is CCc1ccccc1C(NN)c1ccc(F)cc1. The Morgan fingerprint density at radius 1 is 1.11 bits per heavy atom. The molecule has 0 fully saturated rings. The summed E-state index contributed by atoms with van der Waals surface area (Å²) in [6.45, 7) is 2.11. The summed E-state index contributed by atoms with van der Waals surface area (Å²) in [6, 6.07) is 14.4. The van der Waals surface area contributed by atoms with Gasteiger partial charge in [-0.05, 0) is 35.2 Å². The number of hydrogen-bond donors (Lipinski definition) is 2. The van der Waals surface area contributed by atoms with Crippen LogP contribution in [-0.2, 0) is 6.42 Å². The lowest BCUT2D eigenvalue weighted by atomic mass is 9.94. The summed E-state index contributed by atoms with van der Waals surface area (Å²) in [4.78, 5) is 0. The van der Waals surface area contributed by atoms with Crippen LogP contribution in [0, 0.1) is 5.82 Å². The quantitative estimate of drug-likeness (QED) is 0.641. The summed E-state index contributed by atoms with van der Waals surface area (Å²) >= 11 is 0. The van der Waals surface area contributed by atoms with Crippen molar-refractivity contribution in [1.82, 2.24) is 5.43 Å². The lowest BCUT2D eigenvalue weighted by molar-refractivity contribution is 0.613. The first-order chi connectivity index (χ1) is 8.76. The van der Waals surface area contributed by atoms with Crippen LogP contribution in [0.3, 0.4) is 0 Å². The molecule has 1 atom stereocenters. The molecule has 0 saturated heterocycles. The maximum absolute atomic E-state index is 13.0. The Labute approximate surface area is 107 Å². The molecule has 0 radical (unpaired) electrons. The molecule has 18 heavy (non-hydrogen) atoms. The summed E-state index contributed by atoms with van der Waals surface area (Å²) in [7, 11) is 0. The Morgan fingerprint density at radius 2 is 1.78 bits per heavy atom. The predicted molar refractivity (Wildman–Crippen MR) is 71.4 cm³/mol. The van der Waals surface area contributed by atoms with E-state index in [0.717, 1.165) is 17.5 Å². The number of hydrazine groups is 1. The Balaban J connectivity index is 2.41. The number of nitrogens with one attached hydrogen (secondary N) is 1. The summed E-state index contributed by atoms with van der Waals surface area (Å²) in [5.41, 5.74) is 6.14. The van der Waals surface area contributed by atoms with Gasteiger partial charge in [-0.15, -0.1) is 0 Å². The Morgan fingerprint density at radius 3 is 2.39 bits per heavy atom. The first-order valence-corrected chi connectivity index (χ1v) is 6.05. The first kappa shape index (κ1) is 12.7. The Hall–Kier alpha value is -1.71. The molecule has 94 valence electrons. The summed E-state index contributed by atoms with van der Waals surface area (Å²) in [5.74, 6) is 5.42. The molecular weight excluding hydrogens is 227 g/mol. The zero-order chi connectivity index (χ0) is 13.0. The normalized spacial score (nSPS) is 12.4. The third-order valence-corrected chi connectivity index (χ3v) is 3.12. The minimum Gasteiger partial charge on any atom is -0.271 e. The lowest BCUT2D eigenvalue weighted by Gasteiger charge is -2.19. The fourth-order valence-corrected chi connectivity index (χ4v) is 2.16. The predicted octanol–water partition coefficient (Wildman–Crippen LogP) is 2.94. The van der Waals surface area contributed by atoms with Crippen molar-refractivity contribution in [2.24, 2.45) is 5.84 Å². The number of aryl methyl sites for hydroxylation is 1. The van der Waals surface area contributed by atoms with E-state index in [9.17, 15) is 4.39 Å². The maximum Gasteiger partial charge on any atom is 0.123 e. The van der Waals surface area contributed by atoms with Crippen molar-refractivity contribution >= 4 is 0 Å². The van der Waals surface area contributed by atoms with Crippen LogP contribution in [0.1, 0.15) is 29.7 Å². The number of hydrogen-bond acceptors (Lipinski definition) is 2. The van der Waals surface area contributed by atoms with E-state index in [0.29, 0.717) is 0 Å². The van der Waals surface area contributed by atoms with Gasteiger partial charge in [-0.3, -0.25) is 5.84 Å². The zero-order valence-electron chi connectivity index (χ0n) is 10.4. The lowest BCUT2D eigenvalue weighted by Crippen LogP contribution is -2.29. The average Bonchev–Trinajstić information content (AvgIpc) is 2.42. The molecule has 0 bridgehead atoms. The largest absolute Gasteiger partial charge is 0.271 e. The standard InChI is InChI=1S/C15H17FN2/c1-2-11-5-3-4-6-14(11)15(18-17)12-7-9-13(16)10-8-12/h3-10,15,18H,2,17H2,1H3. The molecule has 2 aromatic rings. The Kier molecular flexibility index (Phi) is 4.07. The van der Waals surface area contributed by atoms with Crippen molar-refractivity contribution < 1.29 is 4.39 Å². The number of nitrogens with two attached hydrogens (primary N) is 1. The van der Waals surface area contributed by atoms with Crippen LogP contribution < -0.4 is 11.3 Å². The Bertz CT molecular complexity index is 508. The van der Waals surface area contributed by atoms with Crippen molar-refractivity contribution in [3.05, 3.63) is 71.0 Å². The third kappa shape index (κ3) is 2.58. The molecule has 0 aromatic heterocycles. The van der Waals surface area contributed by atoms with Gasteiger partial charge in [-0.1, -0.05) is 43.3 Å². The fraction of sp³-hybridized carbons (Fsp3) is 0.200. The van der Waals surface area contributed by atoms with Gasteiger partial charge in [0, 0.05) is 0 Å². The van der Waals surface area contributed by atoms with Gasteiger partial charge in [-0.2, -0.15) is 0 Å². The van der Waals surface area contributed by atoms with Crippen LogP contribution in [0.5, 0.6) is 0 Å². The molecule has 0 heterocycles. The van der Waals surface area contributed by atoms with E-state index in [2.05, 4.69) is 18.4 Å². The molecule has 0 aliphatic heterocycles. The number of halogens is 1. The van der Waals surface area contributed by atoms with Gasteiger partial charge in [0.1, 0.15) is 5.82 Å². The van der Waals surface area contributed by atoms with Crippen molar-refractivity contribution in [3.63, 3.8) is 0 Å². The van der Waals surface area contributed by atoms with Crippen LogP contribution in [-0.4, -0.2) is 0 Å². The van der Waals surface area contributed by atoms with Crippen LogP contribution in [0.25, 0.3) is 0 Å². The molecule has 2 rings (SSSR count).